The molecular formula is C22H19FN2O. The minimum Gasteiger partial charge on any atom is -0.307 e. The molecule has 0 N–H and O–H groups in total. The van der Waals surface area contributed by atoms with Gasteiger partial charge in [0, 0.05) is 40.9 Å². The van der Waals surface area contributed by atoms with E-state index in [1.807, 2.05) is 30.3 Å². The van der Waals surface area contributed by atoms with Crippen molar-refractivity contribution in [3.05, 3.63) is 71.8 Å². The lowest BCUT2D eigenvalue weighted by molar-refractivity contribution is 0.0986. The van der Waals surface area contributed by atoms with Crippen molar-refractivity contribution in [2.45, 2.75) is 31.1 Å². The molecule has 3 nitrogen and oxygen atoms in total. The van der Waals surface area contributed by atoms with E-state index in [9.17, 15) is 9.18 Å². The fourth-order valence-corrected chi connectivity index (χ4v) is 4.83. The highest BCUT2D eigenvalue weighted by molar-refractivity contribution is 6.15. The molecule has 3 aromatic rings. The van der Waals surface area contributed by atoms with E-state index in [1.165, 1.54) is 6.07 Å². The van der Waals surface area contributed by atoms with Gasteiger partial charge < -0.3 is 4.90 Å². The van der Waals surface area contributed by atoms with Crippen molar-refractivity contribution in [1.29, 1.82) is 0 Å². The number of halogens is 1. The lowest BCUT2D eigenvalue weighted by Crippen LogP contribution is -2.35. The van der Waals surface area contributed by atoms with Crippen LogP contribution in [0.4, 0.5) is 10.1 Å². The lowest BCUT2D eigenvalue weighted by atomic mass is 9.80. The number of benzene rings is 2. The first-order chi connectivity index (χ1) is 12.7. The molecule has 1 aromatic heterocycles. The normalized spacial score (nSPS) is 17.8. The third kappa shape index (κ3) is 2.11. The van der Waals surface area contributed by atoms with Crippen molar-refractivity contribution in [2.75, 3.05) is 11.4 Å². The summed E-state index contributed by atoms with van der Waals surface area (Å²) in [6.45, 7) is 0.573. The molecular weight excluding hydrogens is 327 g/mol. The number of carbonyl (C=O) groups is 1. The molecule has 2 aliphatic rings. The number of hydrogen-bond acceptors (Lipinski definition) is 2. The zero-order valence-electron chi connectivity index (χ0n) is 14.4. The minimum absolute atomic E-state index is 0.0579. The van der Waals surface area contributed by atoms with E-state index >= 15 is 0 Å². The summed E-state index contributed by atoms with van der Waals surface area (Å²) in [5.74, 6) is -0.237. The van der Waals surface area contributed by atoms with Crippen LogP contribution in [0.5, 0.6) is 0 Å². The Balaban J connectivity index is 1.65. The van der Waals surface area contributed by atoms with E-state index in [4.69, 9.17) is 0 Å². The van der Waals surface area contributed by atoms with E-state index in [-0.39, 0.29) is 17.1 Å². The van der Waals surface area contributed by atoms with Crippen LogP contribution in [-0.2, 0) is 5.41 Å². The third-order valence-electron chi connectivity index (χ3n) is 5.99. The number of aromatic nitrogens is 1. The maximum atomic E-state index is 14.7. The maximum Gasteiger partial charge on any atom is 0.258 e. The summed E-state index contributed by atoms with van der Waals surface area (Å²) in [5.41, 5.74) is 1.91. The van der Waals surface area contributed by atoms with Crippen molar-refractivity contribution in [1.82, 2.24) is 4.98 Å². The van der Waals surface area contributed by atoms with Crippen LogP contribution < -0.4 is 4.90 Å². The Morgan fingerprint density at radius 1 is 1.08 bits per heavy atom. The van der Waals surface area contributed by atoms with E-state index in [0.717, 1.165) is 47.7 Å². The zero-order valence-corrected chi connectivity index (χ0v) is 14.4. The summed E-state index contributed by atoms with van der Waals surface area (Å²) < 4.78 is 14.7. The first kappa shape index (κ1) is 15.5. The molecule has 5 rings (SSSR count). The standard InChI is InChI=1S/C22H19FN2O/c23-18-7-4-8-19-20(18)22(10-1-2-11-22)14-25(19)21(26)17-6-3-5-15-13-24-12-9-16(15)17/h3-9,12-13H,1-2,10-11,14H2. The van der Waals surface area contributed by atoms with Gasteiger partial charge in [0.1, 0.15) is 5.82 Å². The molecule has 0 radical (unpaired) electrons. The Bertz CT molecular complexity index is 1020. The van der Waals surface area contributed by atoms with E-state index in [2.05, 4.69) is 4.98 Å². The first-order valence-electron chi connectivity index (χ1n) is 9.13. The number of nitrogens with zero attached hydrogens (tertiary/aromatic N) is 2. The van der Waals surface area contributed by atoms with Crippen LogP contribution >= 0.6 is 0 Å². The van der Waals surface area contributed by atoms with Crippen LogP contribution in [0.3, 0.4) is 0 Å². The van der Waals surface area contributed by atoms with Gasteiger partial charge in [-0.15, -0.1) is 0 Å². The van der Waals surface area contributed by atoms with Gasteiger partial charge in [-0.05, 0) is 42.5 Å². The SMILES string of the molecule is O=C(c1cccc2cnccc12)N1CC2(CCCC2)c2c(F)cccc21. The van der Waals surface area contributed by atoms with Gasteiger partial charge >= 0.3 is 0 Å². The molecule has 130 valence electrons. The lowest BCUT2D eigenvalue weighted by Gasteiger charge is -2.25. The molecule has 0 saturated heterocycles. The second kappa shape index (κ2) is 5.63. The molecule has 1 aliphatic carbocycles. The molecule has 1 amide bonds. The van der Waals surface area contributed by atoms with Gasteiger partial charge in [-0.1, -0.05) is 31.0 Å². The average Bonchev–Trinajstić information content (AvgIpc) is 3.27. The summed E-state index contributed by atoms with van der Waals surface area (Å²) in [6, 6.07) is 12.7. The topological polar surface area (TPSA) is 33.2 Å². The molecule has 1 fully saturated rings. The molecule has 1 spiro atoms. The quantitative estimate of drug-likeness (QED) is 0.631. The second-order valence-corrected chi connectivity index (χ2v) is 7.42. The molecule has 1 aliphatic heterocycles. The summed E-state index contributed by atoms with van der Waals surface area (Å²) in [6.07, 6.45) is 7.55. The molecule has 1 saturated carbocycles. The van der Waals surface area contributed by atoms with E-state index in [0.29, 0.717) is 12.1 Å². The highest BCUT2D eigenvalue weighted by Crippen LogP contribution is 2.51. The highest BCUT2D eigenvalue weighted by Gasteiger charge is 2.48. The summed E-state index contributed by atoms with van der Waals surface area (Å²) in [4.78, 5) is 19.4. The number of carbonyl (C=O) groups excluding carboxylic acids is 1. The molecule has 0 atom stereocenters. The Morgan fingerprint density at radius 3 is 2.73 bits per heavy atom. The van der Waals surface area contributed by atoms with Crippen LogP contribution in [0.15, 0.2) is 54.9 Å². The van der Waals surface area contributed by atoms with Crippen molar-refractivity contribution in [3.8, 4) is 0 Å². The van der Waals surface area contributed by atoms with Crippen LogP contribution in [0.1, 0.15) is 41.6 Å². The number of anilines is 1. The molecule has 0 unspecified atom stereocenters. The van der Waals surface area contributed by atoms with Crippen LogP contribution in [0, 0.1) is 5.82 Å². The second-order valence-electron chi connectivity index (χ2n) is 7.42. The van der Waals surface area contributed by atoms with Gasteiger partial charge in [0.05, 0.1) is 5.69 Å². The Morgan fingerprint density at radius 2 is 1.88 bits per heavy atom. The fourth-order valence-electron chi connectivity index (χ4n) is 4.83. The number of amides is 1. The number of fused-ring (bicyclic) bond motifs is 3. The molecule has 0 bridgehead atoms. The third-order valence-corrected chi connectivity index (χ3v) is 5.99. The Kier molecular flexibility index (Phi) is 3.36. The van der Waals surface area contributed by atoms with Gasteiger partial charge in [-0.2, -0.15) is 0 Å². The maximum absolute atomic E-state index is 14.7. The summed E-state index contributed by atoms with van der Waals surface area (Å²) >= 11 is 0. The van der Waals surface area contributed by atoms with Crippen LogP contribution in [0.2, 0.25) is 0 Å². The van der Waals surface area contributed by atoms with Gasteiger partial charge in [0.15, 0.2) is 0 Å². The predicted octanol–water partition coefficient (Wildman–Crippen LogP) is 4.85. The van der Waals surface area contributed by atoms with Crippen molar-refractivity contribution in [2.24, 2.45) is 0 Å². The fraction of sp³-hybridized carbons (Fsp3) is 0.273. The van der Waals surface area contributed by atoms with Crippen LogP contribution in [-0.4, -0.2) is 17.4 Å². The monoisotopic (exact) mass is 346 g/mol. The van der Waals surface area contributed by atoms with Gasteiger partial charge in [0.2, 0.25) is 0 Å². The smallest absolute Gasteiger partial charge is 0.258 e. The molecule has 2 aromatic carbocycles. The summed E-state index contributed by atoms with van der Waals surface area (Å²) in [5, 5.41) is 1.82. The van der Waals surface area contributed by atoms with Crippen molar-refractivity contribution < 1.29 is 9.18 Å². The predicted molar refractivity (Wildman–Crippen MR) is 100.0 cm³/mol. The molecule has 2 heterocycles. The Labute approximate surface area is 151 Å². The summed E-state index contributed by atoms with van der Waals surface area (Å²) in [7, 11) is 0. The average molecular weight is 346 g/mol. The number of rotatable bonds is 1. The van der Waals surface area contributed by atoms with E-state index < -0.39 is 0 Å². The van der Waals surface area contributed by atoms with E-state index in [1.54, 1.807) is 23.4 Å². The first-order valence-corrected chi connectivity index (χ1v) is 9.13. The zero-order chi connectivity index (χ0) is 17.7. The number of hydrogen-bond donors (Lipinski definition) is 0. The number of pyridine rings is 1. The largest absolute Gasteiger partial charge is 0.307 e. The van der Waals surface area contributed by atoms with Gasteiger partial charge in [0.25, 0.3) is 5.91 Å². The van der Waals surface area contributed by atoms with Crippen LogP contribution in [0.25, 0.3) is 10.8 Å². The Hall–Kier alpha value is -2.75. The molecule has 26 heavy (non-hydrogen) atoms. The van der Waals surface area contributed by atoms with Crippen molar-refractivity contribution in [3.63, 3.8) is 0 Å². The van der Waals surface area contributed by atoms with Gasteiger partial charge in [-0.3, -0.25) is 9.78 Å². The minimum atomic E-state index is -0.220. The van der Waals surface area contributed by atoms with Gasteiger partial charge in [-0.25, -0.2) is 4.39 Å². The van der Waals surface area contributed by atoms with Crippen molar-refractivity contribution >= 4 is 22.4 Å². The molecule has 4 heteroatoms. The highest BCUT2D eigenvalue weighted by atomic mass is 19.1.